The molecule has 4 rings (SSSR count). The quantitative estimate of drug-likeness (QED) is 0.564. The van der Waals surface area contributed by atoms with E-state index in [2.05, 4.69) is 22.1 Å². The van der Waals surface area contributed by atoms with E-state index in [-0.39, 0.29) is 5.91 Å². The molecule has 2 heterocycles. The van der Waals surface area contributed by atoms with Gasteiger partial charge in [-0.05, 0) is 37.1 Å². The Labute approximate surface area is 150 Å². The van der Waals surface area contributed by atoms with Gasteiger partial charge in [-0.25, -0.2) is 4.98 Å². The fraction of sp³-hybridized carbons (Fsp3) is 0.200. The van der Waals surface area contributed by atoms with Crippen LogP contribution < -0.4 is 4.90 Å². The third-order valence-electron chi connectivity index (χ3n) is 4.41. The van der Waals surface area contributed by atoms with Crippen molar-refractivity contribution in [2.45, 2.75) is 19.8 Å². The summed E-state index contributed by atoms with van der Waals surface area (Å²) < 4.78 is 1.11. The Hall–Kier alpha value is -2.66. The number of nitrogens with zero attached hydrogens (tertiary/aromatic N) is 2. The summed E-state index contributed by atoms with van der Waals surface area (Å²) in [6.45, 7) is 2.63. The molecule has 0 fully saturated rings. The van der Waals surface area contributed by atoms with Crippen LogP contribution in [0.3, 0.4) is 0 Å². The van der Waals surface area contributed by atoms with Gasteiger partial charge >= 0.3 is 0 Å². The van der Waals surface area contributed by atoms with Crippen molar-refractivity contribution in [3.05, 3.63) is 60.3 Å². The van der Waals surface area contributed by atoms with Gasteiger partial charge in [0.2, 0.25) is 5.91 Å². The molecule has 2 aromatic heterocycles. The highest BCUT2D eigenvalue weighted by molar-refractivity contribution is 7.22. The van der Waals surface area contributed by atoms with Gasteiger partial charge in [0.25, 0.3) is 0 Å². The molecule has 0 radical (unpaired) electrons. The summed E-state index contributed by atoms with van der Waals surface area (Å²) in [4.78, 5) is 22.4. The van der Waals surface area contributed by atoms with Gasteiger partial charge in [0.15, 0.2) is 5.13 Å². The van der Waals surface area contributed by atoms with Gasteiger partial charge in [0.05, 0.1) is 10.2 Å². The molecule has 0 bridgehead atoms. The minimum Gasteiger partial charge on any atom is -0.361 e. The first-order chi connectivity index (χ1) is 12.3. The molecule has 126 valence electrons. The molecule has 5 heteroatoms. The van der Waals surface area contributed by atoms with Crippen LogP contribution in [-0.4, -0.2) is 22.4 Å². The molecule has 0 aliphatic carbocycles. The molecule has 0 atom stereocenters. The predicted octanol–water partition coefficient (Wildman–Crippen LogP) is 4.76. The van der Waals surface area contributed by atoms with E-state index in [0.717, 1.165) is 27.3 Å². The summed E-state index contributed by atoms with van der Waals surface area (Å²) in [5.41, 5.74) is 3.25. The zero-order valence-electron chi connectivity index (χ0n) is 14.0. The highest BCUT2D eigenvalue weighted by Crippen LogP contribution is 2.29. The van der Waals surface area contributed by atoms with Gasteiger partial charge in [-0.1, -0.05) is 41.7 Å². The lowest BCUT2D eigenvalue weighted by Crippen LogP contribution is -2.30. The molecule has 2 aromatic carbocycles. The monoisotopic (exact) mass is 349 g/mol. The van der Waals surface area contributed by atoms with Gasteiger partial charge in [0, 0.05) is 30.1 Å². The van der Waals surface area contributed by atoms with Gasteiger partial charge in [-0.2, -0.15) is 0 Å². The molecule has 4 nitrogen and oxygen atoms in total. The number of thiazole rings is 1. The number of fused-ring (bicyclic) bond motifs is 2. The topological polar surface area (TPSA) is 49.0 Å². The van der Waals surface area contributed by atoms with Crippen LogP contribution >= 0.6 is 11.3 Å². The van der Waals surface area contributed by atoms with Crippen LogP contribution in [0.4, 0.5) is 5.13 Å². The lowest BCUT2D eigenvalue weighted by molar-refractivity contribution is -0.118. The number of nitrogens with one attached hydrogen (secondary N) is 1. The van der Waals surface area contributed by atoms with Crippen molar-refractivity contribution >= 4 is 43.5 Å². The van der Waals surface area contributed by atoms with E-state index >= 15 is 0 Å². The number of para-hydroxylation sites is 2. The zero-order chi connectivity index (χ0) is 17.2. The number of benzene rings is 2. The molecule has 0 aliphatic heterocycles. The van der Waals surface area contributed by atoms with Crippen LogP contribution in [0, 0.1) is 0 Å². The van der Waals surface area contributed by atoms with Crippen molar-refractivity contribution in [2.24, 2.45) is 0 Å². The van der Waals surface area contributed by atoms with E-state index in [1.54, 1.807) is 16.2 Å². The number of carbonyl (C=O) groups is 1. The fourth-order valence-corrected chi connectivity index (χ4v) is 4.16. The molecule has 0 spiro atoms. The van der Waals surface area contributed by atoms with Crippen molar-refractivity contribution in [1.82, 2.24) is 9.97 Å². The summed E-state index contributed by atoms with van der Waals surface area (Å²) in [7, 11) is 0. The highest BCUT2D eigenvalue weighted by atomic mass is 32.1. The van der Waals surface area contributed by atoms with Crippen molar-refractivity contribution in [3.63, 3.8) is 0 Å². The smallest absolute Gasteiger partial charge is 0.229 e. The first-order valence-corrected chi connectivity index (χ1v) is 9.29. The van der Waals surface area contributed by atoms with Crippen LogP contribution in [-0.2, 0) is 11.2 Å². The van der Waals surface area contributed by atoms with Crippen LogP contribution in [0.1, 0.15) is 18.9 Å². The minimum absolute atomic E-state index is 0.117. The number of aromatic amines is 1. The maximum absolute atomic E-state index is 12.8. The van der Waals surface area contributed by atoms with E-state index in [9.17, 15) is 4.79 Å². The normalized spacial score (nSPS) is 11.2. The number of aromatic nitrogens is 2. The van der Waals surface area contributed by atoms with Crippen molar-refractivity contribution < 1.29 is 4.79 Å². The minimum atomic E-state index is 0.117. The largest absolute Gasteiger partial charge is 0.361 e. The first kappa shape index (κ1) is 15.8. The van der Waals surface area contributed by atoms with Crippen molar-refractivity contribution in [1.29, 1.82) is 0 Å². The molecule has 0 saturated heterocycles. The van der Waals surface area contributed by atoms with Crippen LogP contribution in [0.5, 0.6) is 0 Å². The van der Waals surface area contributed by atoms with E-state index in [0.29, 0.717) is 13.0 Å². The zero-order valence-corrected chi connectivity index (χ0v) is 14.8. The second-order valence-corrected chi connectivity index (χ2v) is 6.97. The lowest BCUT2D eigenvalue weighted by Gasteiger charge is -2.17. The number of carbonyl (C=O) groups excluding carboxylic acids is 1. The summed E-state index contributed by atoms with van der Waals surface area (Å²) >= 11 is 1.57. The molecular formula is C20H19N3OS. The van der Waals surface area contributed by atoms with Gasteiger partial charge in [-0.3, -0.25) is 9.69 Å². The lowest BCUT2D eigenvalue weighted by atomic mass is 10.1. The fourth-order valence-electron chi connectivity index (χ4n) is 3.11. The number of rotatable bonds is 5. The number of hydrogen-bond donors (Lipinski definition) is 1. The van der Waals surface area contributed by atoms with Gasteiger partial charge in [-0.15, -0.1) is 0 Å². The van der Waals surface area contributed by atoms with Crippen molar-refractivity contribution in [3.8, 4) is 0 Å². The molecule has 4 aromatic rings. The molecule has 0 aliphatic rings. The summed E-state index contributed by atoms with van der Waals surface area (Å²) in [5.74, 6) is 0.117. The number of H-pyrrole nitrogens is 1. The molecule has 25 heavy (non-hydrogen) atoms. The Morgan fingerprint density at radius 1 is 1.16 bits per heavy atom. The highest BCUT2D eigenvalue weighted by Gasteiger charge is 2.18. The third-order valence-corrected chi connectivity index (χ3v) is 5.47. The van der Waals surface area contributed by atoms with E-state index < -0.39 is 0 Å². The predicted molar refractivity (Wildman–Crippen MR) is 104 cm³/mol. The maximum Gasteiger partial charge on any atom is 0.229 e. The maximum atomic E-state index is 12.8. The van der Waals surface area contributed by atoms with Gasteiger partial charge in [0.1, 0.15) is 0 Å². The third kappa shape index (κ3) is 3.03. The Morgan fingerprint density at radius 2 is 1.96 bits per heavy atom. The SMILES string of the molecule is CCN(C(=O)CCc1c[nH]c2ccccc12)c1nc2ccccc2s1. The molecule has 1 amide bonds. The first-order valence-electron chi connectivity index (χ1n) is 8.47. The summed E-state index contributed by atoms with van der Waals surface area (Å²) in [6, 6.07) is 16.2. The standard InChI is InChI=1S/C20H19N3OS/c1-2-23(20-22-17-9-5-6-10-18(17)25-20)19(24)12-11-14-13-21-16-8-4-3-7-15(14)16/h3-10,13,21H,2,11-12H2,1H3. The number of aryl methyl sites for hydroxylation is 1. The Bertz CT molecular complexity index is 1000. The van der Waals surface area contributed by atoms with E-state index in [4.69, 9.17) is 0 Å². The number of amides is 1. The molecular weight excluding hydrogens is 330 g/mol. The Balaban J connectivity index is 1.52. The molecule has 0 unspecified atom stereocenters. The number of hydrogen-bond acceptors (Lipinski definition) is 3. The number of anilines is 1. The van der Waals surface area contributed by atoms with Crippen LogP contribution in [0.2, 0.25) is 0 Å². The second kappa shape index (κ2) is 6.69. The van der Waals surface area contributed by atoms with Crippen LogP contribution in [0.15, 0.2) is 54.7 Å². The average Bonchev–Trinajstić information content (AvgIpc) is 3.24. The summed E-state index contributed by atoms with van der Waals surface area (Å²) in [6.07, 6.45) is 3.21. The molecule has 1 N–H and O–H groups in total. The van der Waals surface area contributed by atoms with E-state index in [1.165, 1.54) is 10.9 Å². The molecule has 0 saturated carbocycles. The average molecular weight is 349 g/mol. The summed E-state index contributed by atoms with van der Waals surface area (Å²) in [5, 5.41) is 1.98. The Kier molecular flexibility index (Phi) is 4.24. The van der Waals surface area contributed by atoms with Crippen molar-refractivity contribution in [2.75, 3.05) is 11.4 Å². The van der Waals surface area contributed by atoms with Crippen LogP contribution in [0.25, 0.3) is 21.1 Å². The second-order valence-electron chi connectivity index (χ2n) is 5.96. The van der Waals surface area contributed by atoms with E-state index in [1.807, 2.05) is 49.5 Å². The van der Waals surface area contributed by atoms with Gasteiger partial charge < -0.3 is 4.98 Å². The Morgan fingerprint density at radius 3 is 2.80 bits per heavy atom.